The molecule has 1 aliphatic rings. The third-order valence-electron chi connectivity index (χ3n) is 3.55. The lowest BCUT2D eigenvalue weighted by atomic mass is 10.3. The Hall–Kier alpha value is -1.21. The van der Waals surface area contributed by atoms with Gasteiger partial charge in [0.2, 0.25) is 0 Å². The summed E-state index contributed by atoms with van der Waals surface area (Å²) in [4.78, 5) is 6.45. The number of thioether (sulfide) groups is 1. The summed E-state index contributed by atoms with van der Waals surface area (Å²) in [5.41, 5.74) is 1.07. The number of thiocarbonyl (C=S) groups is 1. The van der Waals surface area contributed by atoms with Gasteiger partial charge in [0.15, 0.2) is 0 Å². The Labute approximate surface area is 131 Å². The number of hydrogen-bond acceptors (Lipinski definition) is 3. The van der Waals surface area contributed by atoms with Gasteiger partial charge in [-0.3, -0.25) is 4.57 Å². The second-order valence-corrected chi connectivity index (χ2v) is 6.52. The predicted octanol–water partition coefficient (Wildman–Crippen LogP) is 4.05. The molecule has 0 bridgehead atoms. The van der Waals surface area contributed by atoms with Crippen molar-refractivity contribution in [3.63, 3.8) is 0 Å². The summed E-state index contributed by atoms with van der Waals surface area (Å²) >= 11 is 6.78. The molecule has 0 saturated carbocycles. The first-order valence-electron chi connectivity index (χ1n) is 6.82. The van der Waals surface area contributed by atoms with Gasteiger partial charge in [0.25, 0.3) is 0 Å². The van der Waals surface area contributed by atoms with Crippen molar-refractivity contribution < 1.29 is 8.78 Å². The molecule has 0 atom stereocenters. The lowest BCUT2D eigenvalue weighted by molar-refractivity contribution is 0.0722. The minimum Gasteiger partial charge on any atom is -0.358 e. The Morgan fingerprint density at radius 1 is 1.29 bits per heavy atom. The van der Waals surface area contributed by atoms with E-state index < -0.39 is 6.55 Å². The van der Waals surface area contributed by atoms with Crippen molar-refractivity contribution >= 4 is 39.3 Å². The fourth-order valence-corrected chi connectivity index (χ4v) is 3.71. The van der Waals surface area contributed by atoms with Gasteiger partial charge in [0, 0.05) is 13.1 Å². The fourth-order valence-electron chi connectivity index (χ4n) is 2.53. The third-order valence-corrected chi connectivity index (χ3v) is 5.07. The van der Waals surface area contributed by atoms with Gasteiger partial charge in [-0.25, -0.2) is 4.98 Å². The summed E-state index contributed by atoms with van der Waals surface area (Å²) in [6, 6.07) is 6.97. The Kier molecular flexibility index (Phi) is 4.40. The molecule has 0 spiro atoms. The number of rotatable bonds is 3. The molecule has 0 unspecified atom stereocenters. The Bertz CT molecular complexity index is 651. The average Bonchev–Trinajstić information content (AvgIpc) is 3.11. The fraction of sp³-hybridized carbons (Fsp3) is 0.429. The predicted molar refractivity (Wildman–Crippen MR) is 85.7 cm³/mol. The maximum Gasteiger partial charge on any atom is 0.320 e. The quantitative estimate of drug-likeness (QED) is 0.793. The summed E-state index contributed by atoms with van der Waals surface area (Å²) in [5, 5.41) is 0. The van der Waals surface area contributed by atoms with E-state index in [2.05, 4.69) is 9.88 Å². The topological polar surface area (TPSA) is 21.1 Å². The van der Waals surface area contributed by atoms with Crippen molar-refractivity contribution in [3.05, 3.63) is 30.1 Å². The van der Waals surface area contributed by atoms with E-state index in [0.29, 0.717) is 22.6 Å². The number of imidazole rings is 1. The molecule has 7 heteroatoms. The highest BCUT2D eigenvalue weighted by Gasteiger charge is 2.20. The smallest absolute Gasteiger partial charge is 0.320 e. The summed E-state index contributed by atoms with van der Waals surface area (Å²) < 4.78 is 28.3. The summed E-state index contributed by atoms with van der Waals surface area (Å²) in [5.74, 6) is 0.742. The van der Waals surface area contributed by atoms with E-state index >= 15 is 0 Å². The van der Waals surface area contributed by atoms with Gasteiger partial charge in [0.05, 0.1) is 16.8 Å². The van der Waals surface area contributed by atoms with Crippen LogP contribution in [-0.2, 0) is 5.75 Å². The number of benzene rings is 1. The van der Waals surface area contributed by atoms with Crippen LogP contribution in [0.15, 0.2) is 24.3 Å². The lowest BCUT2D eigenvalue weighted by Gasteiger charge is -2.17. The molecular weight excluding hydrogens is 312 g/mol. The highest BCUT2D eigenvalue weighted by atomic mass is 32.2. The number of likely N-dealkylation sites (tertiary alicyclic amines) is 1. The second-order valence-electron chi connectivity index (χ2n) is 4.91. The number of aromatic nitrogens is 2. The van der Waals surface area contributed by atoms with Gasteiger partial charge >= 0.3 is 6.55 Å². The molecule has 1 aromatic heterocycles. The van der Waals surface area contributed by atoms with Crippen LogP contribution in [0.3, 0.4) is 0 Å². The van der Waals surface area contributed by atoms with Gasteiger partial charge in [-0.1, -0.05) is 36.1 Å². The van der Waals surface area contributed by atoms with Gasteiger partial charge in [-0.2, -0.15) is 8.78 Å². The van der Waals surface area contributed by atoms with Gasteiger partial charge < -0.3 is 4.90 Å². The number of hydrogen-bond donors (Lipinski definition) is 0. The molecule has 2 aromatic rings. The lowest BCUT2D eigenvalue weighted by Crippen LogP contribution is -2.23. The molecule has 3 nitrogen and oxygen atoms in total. The highest BCUT2D eigenvalue weighted by molar-refractivity contribution is 8.22. The summed E-state index contributed by atoms with van der Waals surface area (Å²) in [6.07, 6.45) is 2.30. The van der Waals surface area contributed by atoms with E-state index in [1.807, 2.05) is 0 Å². The van der Waals surface area contributed by atoms with E-state index in [9.17, 15) is 8.78 Å². The van der Waals surface area contributed by atoms with E-state index in [0.717, 1.165) is 34.8 Å². The highest BCUT2D eigenvalue weighted by Crippen LogP contribution is 2.27. The molecule has 0 N–H and O–H groups in total. The van der Waals surface area contributed by atoms with Crippen molar-refractivity contribution in [1.82, 2.24) is 14.5 Å². The van der Waals surface area contributed by atoms with E-state index in [1.54, 1.807) is 24.3 Å². The summed E-state index contributed by atoms with van der Waals surface area (Å²) in [6.45, 7) is -0.651. The molecule has 0 amide bonds. The molecule has 3 rings (SSSR count). The maximum absolute atomic E-state index is 13.3. The van der Waals surface area contributed by atoms with E-state index in [1.165, 1.54) is 11.8 Å². The first-order valence-corrected chi connectivity index (χ1v) is 8.22. The molecular formula is C14H15F2N3S2. The second kappa shape index (κ2) is 6.27. The van der Waals surface area contributed by atoms with Crippen LogP contribution in [0.5, 0.6) is 0 Å². The Balaban J connectivity index is 1.79. The molecule has 1 saturated heterocycles. The summed E-state index contributed by atoms with van der Waals surface area (Å²) in [7, 11) is 0. The zero-order valence-corrected chi connectivity index (χ0v) is 13.0. The Morgan fingerprint density at radius 2 is 2.00 bits per heavy atom. The van der Waals surface area contributed by atoms with Gasteiger partial charge in [-0.05, 0) is 25.0 Å². The average molecular weight is 327 g/mol. The standard InChI is InChI=1S/C14H15F2N3S2/c15-13(16)19-11-6-2-1-5-10(11)17-12(19)9-21-14(20)18-7-3-4-8-18/h1-2,5-6,13H,3-4,7-9H2. The largest absolute Gasteiger partial charge is 0.358 e. The van der Waals surface area contributed by atoms with Crippen molar-refractivity contribution in [2.75, 3.05) is 13.1 Å². The number of para-hydroxylation sites is 2. The van der Waals surface area contributed by atoms with Crippen LogP contribution in [0.4, 0.5) is 8.78 Å². The molecule has 1 aliphatic heterocycles. The molecule has 2 heterocycles. The number of alkyl halides is 2. The maximum atomic E-state index is 13.3. The minimum atomic E-state index is -2.59. The van der Waals surface area contributed by atoms with E-state index in [-0.39, 0.29) is 0 Å². The van der Waals surface area contributed by atoms with Crippen molar-refractivity contribution in [3.8, 4) is 0 Å². The van der Waals surface area contributed by atoms with Gasteiger partial charge in [0.1, 0.15) is 10.1 Å². The zero-order valence-electron chi connectivity index (χ0n) is 11.3. The number of nitrogens with zero attached hydrogens (tertiary/aromatic N) is 3. The van der Waals surface area contributed by atoms with Crippen LogP contribution in [0.25, 0.3) is 11.0 Å². The normalized spacial score (nSPS) is 15.3. The van der Waals surface area contributed by atoms with Crippen LogP contribution < -0.4 is 0 Å². The molecule has 21 heavy (non-hydrogen) atoms. The molecule has 0 aliphatic carbocycles. The van der Waals surface area contributed by atoms with Gasteiger partial charge in [-0.15, -0.1) is 0 Å². The zero-order chi connectivity index (χ0) is 14.8. The van der Waals surface area contributed by atoms with Crippen LogP contribution in [0, 0.1) is 0 Å². The first kappa shape index (κ1) is 14.7. The van der Waals surface area contributed by atoms with Crippen molar-refractivity contribution in [2.24, 2.45) is 0 Å². The Morgan fingerprint density at radius 3 is 2.71 bits per heavy atom. The van der Waals surface area contributed by atoms with Crippen LogP contribution in [0.1, 0.15) is 25.2 Å². The molecule has 1 aromatic carbocycles. The first-order chi connectivity index (χ1) is 10.2. The third kappa shape index (κ3) is 3.03. The van der Waals surface area contributed by atoms with Crippen LogP contribution in [0.2, 0.25) is 0 Å². The minimum absolute atomic E-state index is 0.369. The monoisotopic (exact) mass is 327 g/mol. The van der Waals surface area contributed by atoms with Crippen LogP contribution in [-0.4, -0.2) is 31.9 Å². The molecule has 112 valence electrons. The van der Waals surface area contributed by atoms with E-state index in [4.69, 9.17) is 12.2 Å². The SMILES string of the molecule is FC(F)n1c(CSC(=S)N2CCCC2)nc2ccccc21. The van der Waals surface area contributed by atoms with Crippen LogP contribution >= 0.6 is 24.0 Å². The number of halogens is 2. The molecule has 1 fully saturated rings. The molecule has 0 radical (unpaired) electrons. The van der Waals surface area contributed by atoms with Crippen molar-refractivity contribution in [1.29, 1.82) is 0 Å². The van der Waals surface area contributed by atoms with Crippen molar-refractivity contribution in [2.45, 2.75) is 25.1 Å². The number of fused-ring (bicyclic) bond motifs is 1.